The van der Waals surface area contributed by atoms with Crippen molar-refractivity contribution in [3.05, 3.63) is 17.2 Å². The zero-order chi connectivity index (χ0) is 72.0. The maximum atomic E-state index is 12.8. The van der Waals surface area contributed by atoms with Crippen molar-refractivity contribution in [2.75, 3.05) is 0 Å². The molecule has 0 atom stereocenters. The molecule has 0 aliphatic carbocycles. The third-order valence-corrected chi connectivity index (χ3v) is 19.9. The Morgan fingerprint density at radius 2 is 0.380 bits per heavy atom. The first-order chi connectivity index (χ1) is 47.2. The summed E-state index contributed by atoms with van der Waals surface area (Å²) in [4.78, 5) is 0. The summed E-state index contributed by atoms with van der Waals surface area (Å²) in [6, 6.07) is 6.09. The van der Waals surface area contributed by atoms with E-state index in [4.69, 9.17) is 249 Å². The van der Waals surface area contributed by atoms with E-state index in [1.165, 1.54) is 19.8 Å². The minimum Gasteiger partial charge on any atom is -0.455 e. The minimum atomic E-state index is -0.514. The third kappa shape index (κ3) is 7.70. The van der Waals surface area contributed by atoms with E-state index in [1.54, 1.807) is 0 Å². The van der Waals surface area contributed by atoms with Gasteiger partial charge in [0.15, 0.2) is 16.7 Å². The van der Waals surface area contributed by atoms with Crippen LogP contribution < -0.4 is 164 Å². The van der Waals surface area contributed by atoms with Crippen LogP contribution in [-0.2, 0) is 0 Å². The molecule has 100 heavy (non-hydrogen) atoms. The molecule has 38 heteroatoms. The van der Waals surface area contributed by atoms with Crippen LogP contribution in [0.4, 0.5) is 0 Å². The van der Waals surface area contributed by atoms with E-state index < -0.39 is 16.8 Å². The molecule has 0 aliphatic rings. The molecule has 0 amide bonds. The van der Waals surface area contributed by atoms with Crippen molar-refractivity contribution in [2.45, 2.75) is 0 Å². The van der Waals surface area contributed by atoms with Gasteiger partial charge in [0.1, 0.15) is 275 Å². The molecule has 60 radical (unpaired) electrons. The summed E-state index contributed by atoms with van der Waals surface area (Å²) in [5.41, 5.74) is -10.2. The largest absolute Gasteiger partial charge is 0.455 e. The molecule has 0 bridgehead atoms. The first-order valence-corrected chi connectivity index (χ1v) is 29.4. The highest BCUT2D eigenvalue weighted by molar-refractivity contribution is 6.77. The van der Waals surface area contributed by atoms with Gasteiger partial charge in [0.25, 0.3) is 0 Å². The molecular weight excluding hydrogens is 1190 g/mol. The van der Waals surface area contributed by atoms with Gasteiger partial charge < -0.3 is 27.0 Å². The number of fused-ring (bicyclic) bond motifs is 21. The summed E-state index contributed by atoms with van der Waals surface area (Å²) < 4.78 is 24.7. The number of hydrogen-bond donors (Lipinski definition) is 0. The lowest BCUT2D eigenvalue weighted by molar-refractivity contribution is 0.674. The summed E-state index contributed by atoms with van der Waals surface area (Å²) in [6.45, 7) is 0. The normalized spacial score (nSPS) is 12.2. The highest BCUT2D eigenvalue weighted by atomic mass is 16.3. The number of nitrogens with zero attached hydrogens (tertiary/aromatic N) is 5. The quantitative estimate of drug-likeness (QED) is 0.164. The van der Waals surface area contributed by atoms with Crippen molar-refractivity contribution in [1.29, 1.82) is 10.5 Å². The molecule has 0 saturated heterocycles. The summed E-state index contributed by atoms with van der Waals surface area (Å²) >= 11 is 0. The van der Waals surface area contributed by atoms with E-state index in [2.05, 4.69) is 12.1 Å². The van der Waals surface area contributed by atoms with Crippen LogP contribution in [-0.4, -0.2) is 249 Å². The molecule has 8 nitrogen and oxygen atoms in total. The number of hydrogen-bond acceptors (Lipinski definition) is 5. The Labute approximate surface area is 609 Å². The average molecular weight is 1190 g/mol. The fourth-order valence-corrected chi connectivity index (χ4v) is 14.9. The molecule has 16 aromatic rings. The summed E-state index contributed by atoms with van der Waals surface area (Å²) in [5.74, 6) is 0. The number of furan rings is 3. The first-order valence-electron chi connectivity index (χ1n) is 29.4. The second-order valence-electron chi connectivity index (χ2n) is 24.5. The van der Waals surface area contributed by atoms with Crippen LogP contribution in [0.3, 0.4) is 0 Å². The second kappa shape index (κ2) is 21.7. The van der Waals surface area contributed by atoms with E-state index >= 15 is 0 Å². The molecule has 0 aliphatic heterocycles. The zero-order valence-electron chi connectivity index (χ0n) is 51.9. The molecule has 6 heterocycles. The van der Waals surface area contributed by atoms with Crippen molar-refractivity contribution >= 4 is 531 Å². The van der Waals surface area contributed by atoms with E-state index in [0.717, 1.165) is 0 Å². The van der Waals surface area contributed by atoms with Crippen molar-refractivity contribution in [2.24, 2.45) is 0 Å². The molecule has 382 valence electrons. The van der Waals surface area contributed by atoms with E-state index in [9.17, 15) is 10.5 Å². The Kier molecular flexibility index (Phi) is 14.4. The van der Waals surface area contributed by atoms with Gasteiger partial charge in [0.05, 0.1) is 33.6 Å². The van der Waals surface area contributed by atoms with Crippen molar-refractivity contribution in [3.8, 4) is 29.2 Å². The van der Waals surface area contributed by atoms with Crippen LogP contribution in [0.1, 0.15) is 11.1 Å². The standard InChI is InChI=1S/C62HB30N5O3/c63-20-11-8-23(66)32(75)38(81)44(87)51(8)95(54(11)60-17(26(20)69)14-29(72)35(78)41(84)47(90)57(14)98-60)6-1-7(96-52-9(24(67)33(76)39(82)45(52)88)12-21(64)27(70)18-15-30(73)36(79)42(85)48(91)58(15)99-61(18)55(12)96)5(3-94)50(4(6)2-93)97-53-10(25(68)34(77)40(83)46(53)89)13-22(65)28(71)19-16-31(74)37(80)43(86)49(92)59(16)100-62(19)56(13)97/h1H. The van der Waals surface area contributed by atoms with Crippen LogP contribution in [0, 0.1) is 22.7 Å². The van der Waals surface area contributed by atoms with Crippen LogP contribution in [0.2, 0.25) is 0 Å². The topological polar surface area (TPSA) is 102 Å². The second-order valence-corrected chi connectivity index (χ2v) is 24.5. The smallest absolute Gasteiger partial charge is 0.159 e. The van der Waals surface area contributed by atoms with Crippen molar-refractivity contribution in [1.82, 2.24) is 13.7 Å². The van der Waals surface area contributed by atoms with Gasteiger partial charge >= 0.3 is 0 Å². The average Bonchev–Trinajstić information content (AvgIpc) is 1.44. The lowest BCUT2D eigenvalue weighted by Crippen LogP contribution is -2.48. The van der Waals surface area contributed by atoms with Gasteiger partial charge in [-0.05, 0) is 22.2 Å². The van der Waals surface area contributed by atoms with Crippen molar-refractivity contribution in [3.63, 3.8) is 0 Å². The lowest BCUT2D eigenvalue weighted by atomic mass is 9.64. The Bertz CT molecular complexity index is 6660. The molecule has 0 unspecified atom stereocenters. The van der Waals surface area contributed by atoms with Crippen LogP contribution >= 0.6 is 0 Å². The predicted octanol–water partition coefficient (Wildman–Crippen LogP) is -19.8. The van der Waals surface area contributed by atoms with Gasteiger partial charge in [0.2, 0.25) is 0 Å². The Balaban J connectivity index is 1.29. The molecule has 16 rings (SSSR count). The highest BCUT2D eigenvalue weighted by Crippen LogP contribution is 2.46. The van der Waals surface area contributed by atoms with Crippen LogP contribution in [0.5, 0.6) is 0 Å². The molecule has 0 saturated carbocycles. The predicted molar refractivity (Wildman–Crippen MR) is 442 cm³/mol. The molecule has 10 aromatic carbocycles. The number of nitriles is 2. The SMILES string of the molecule is [B]c1c([B])c([B])c2c(oc3c2c([B])c([B])c2c4c([B])c([B])c([B])c([B])c4n(-c4cc(-n5c6c([B])c([B])c([B])c([B])c6c6c([B])c([B])c7c(oc8c([B])c([B])c([B])c([B])c87)c65)c(C#N)c(-n5c6c([B])c([B])c([B])c([B])c6c6c([B])c([B])c7c(oc8c([B])c([B])c([B])c([B])c87)c65)c4C#N)c32)c1[B]. The van der Waals surface area contributed by atoms with E-state index in [1.807, 2.05) is 0 Å². The Morgan fingerprint density at radius 3 is 0.640 bits per heavy atom. The summed E-state index contributed by atoms with van der Waals surface area (Å²) in [5, 5.41) is 25.4. The van der Waals surface area contributed by atoms with Gasteiger partial charge in [-0.15, -0.1) is 65.6 Å². The minimum absolute atomic E-state index is 0.00313. The van der Waals surface area contributed by atoms with Gasteiger partial charge in [-0.2, -0.15) is 10.5 Å². The molecule has 6 aromatic heterocycles. The fourth-order valence-electron chi connectivity index (χ4n) is 14.9. The van der Waals surface area contributed by atoms with Crippen LogP contribution in [0.15, 0.2) is 19.3 Å². The maximum Gasteiger partial charge on any atom is 0.159 e. The van der Waals surface area contributed by atoms with Gasteiger partial charge in [-0.3, -0.25) is 0 Å². The summed E-state index contributed by atoms with van der Waals surface area (Å²) in [6.07, 6.45) is 0. The zero-order valence-corrected chi connectivity index (χ0v) is 51.9. The molecule has 0 N–H and O–H groups in total. The number of rotatable bonds is 3. The van der Waals surface area contributed by atoms with Crippen molar-refractivity contribution < 1.29 is 13.3 Å². The molecule has 0 fully saturated rings. The van der Waals surface area contributed by atoms with Gasteiger partial charge in [-0.1, -0.05) is 98.3 Å². The Hall–Kier alpha value is -8.07. The fraction of sp³-hybridized carbons (Fsp3) is 0. The van der Waals surface area contributed by atoms with Gasteiger partial charge in [0, 0.05) is 65.0 Å². The van der Waals surface area contributed by atoms with Crippen LogP contribution in [0.25, 0.3) is 148 Å². The first kappa shape index (κ1) is 66.5. The maximum absolute atomic E-state index is 12.8. The van der Waals surface area contributed by atoms with E-state index in [0.29, 0.717) is 0 Å². The highest BCUT2D eigenvalue weighted by Gasteiger charge is 2.37. The van der Waals surface area contributed by atoms with E-state index in [-0.39, 0.29) is 306 Å². The lowest BCUT2D eigenvalue weighted by Gasteiger charge is -2.24. The van der Waals surface area contributed by atoms with Gasteiger partial charge in [-0.25, -0.2) is 0 Å². The number of benzene rings is 10. The number of aromatic nitrogens is 3. The summed E-state index contributed by atoms with van der Waals surface area (Å²) in [7, 11) is 208. The molecule has 0 spiro atoms. The molecular formula is C62HB30N5O3. The third-order valence-electron chi connectivity index (χ3n) is 19.9. The monoisotopic (exact) mass is 1190 g/mol. The Morgan fingerprint density at radius 1 is 0.200 bits per heavy atom.